The SMILES string of the molecule is CC1(C)c2ccccc2-c2ccc(N(c3cccc(Br)c3)c3cccc4oc5ccccc5c34)cc21.CC1(C)c2ccccc2-c2ccc(N(c3cccc(N(c4ccc5c(c4)C(C)(C)c4ccccc4-5)c4cccc5oc6ccccc6c45)c3)c3cccc4oc5ccccc5c34)cc21.CC1(C)c2ccccc2-c2ccc(Nc3cccc4oc5ccccc5c34)cc21. The van der Waals surface area contributed by atoms with Crippen molar-refractivity contribution in [3.63, 3.8) is 0 Å². The van der Waals surface area contributed by atoms with E-state index in [-0.39, 0.29) is 21.7 Å². The molecule has 8 nitrogen and oxygen atoms in total. The van der Waals surface area contributed by atoms with Crippen molar-refractivity contribution in [2.45, 2.75) is 77.0 Å². The van der Waals surface area contributed by atoms with E-state index in [1.807, 2.05) is 48.5 Å². The molecule has 9 heteroatoms. The monoisotopic (exact) mass is 1730 g/mol. The van der Waals surface area contributed by atoms with Crippen LogP contribution in [0.2, 0.25) is 0 Å². The molecular weight excluding hydrogens is 1640 g/mol. The molecule has 0 atom stereocenters. The highest BCUT2D eigenvalue weighted by atomic mass is 79.9. The second-order valence-electron chi connectivity index (χ2n) is 36.8. The molecule has 4 aliphatic carbocycles. The van der Waals surface area contributed by atoms with E-state index in [0.717, 1.165) is 155 Å². The Morgan fingerprint density at radius 3 is 0.837 bits per heavy atom. The summed E-state index contributed by atoms with van der Waals surface area (Å²) in [6.07, 6.45) is 0. The zero-order chi connectivity index (χ0) is 86.9. The van der Waals surface area contributed by atoms with E-state index in [4.69, 9.17) is 17.7 Å². The predicted octanol–water partition coefficient (Wildman–Crippen LogP) is 34.8. The number of rotatable bonds is 11. The summed E-state index contributed by atoms with van der Waals surface area (Å²) < 4.78 is 26.4. The summed E-state index contributed by atoms with van der Waals surface area (Å²) >= 11 is 3.70. The summed E-state index contributed by atoms with van der Waals surface area (Å²) in [5.74, 6) is 0. The first-order valence-electron chi connectivity index (χ1n) is 44.5. The van der Waals surface area contributed by atoms with E-state index in [0.29, 0.717) is 0 Å². The number of hydrogen-bond donors (Lipinski definition) is 1. The highest BCUT2D eigenvalue weighted by Crippen LogP contribution is 2.58. The van der Waals surface area contributed by atoms with Gasteiger partial charge in [0, 0.05) is 87.5 Å². The quantitative estimate of drug-likeness (QED) is 0.137. The molecule has 0 unspecified atom stereocenters. The Hall–Kier alpha value is -15.2. The number of fused-ring (bicyclic) bond motifs is 24. The fraction of sp³-hybridized carbons (Fsp3) is 0.100. The molecule has 0 bridgehead atoms. The highest BCUT2D eigenvalue weighted by molar-refractivity contribution is 9.10. The normalized spacial score (nSPS) is 14.0. The molecule has 0 radical (unpaired) electrons. The lowest BCUT2D eigenvalue weighted by Crippen LogP contribution is -2.17. The number of nitrogens with one attached hydrogen (secondary N) is 1. The Morgan fingerprint density at radius 1 is 0.209 bits per heavy atom. The minimum atomic E-state index is -0.173. The van der Waals surface area contributed by atoms with E-state index in [1.54, 1.807) is 0 Å². The van der Waals surface area contributed by atoms with Gasteiger partial charge in [-0.15, -0.1) is 0 Å². The van der Waals surface area contributed by atoms with Crippen molar-refractivity contribution in [2.24, 2.45) is 0 Å². The van der Waals surface area contributed by atoms with Crippen LogP contribution < -0.4 is 20.0 Å². The van der Waals surface area contributed by atoms with Crippen LogP contribution in [0.25, 0.3) is 132 Å². The Bertz CT molecular complexity index is 8130. The zero-order valence-corrected chi connectivity index (χ0v) is 74.4. The lowest BCUT2D eigenvalue weighted by Gasteiger charge is -2.31. The van der Waals surface area contributed by atoms with Crippen LogP contribution in [0.3, 0.4) is 0 Å². The van der Waals surface area contributed by atoms with E-state index in [2.05, 4.69) is 431 Å². The van der Waals surface area contributed by atoms with E-state index < -0.39 is 0 Å². The molecule has 4 aliphatic rings. The maximum absolute atomic E-state index is 6.54. The van der Waals surface area contributed by atoms with Crippen molar-refractivity contribution >= 4 is 166 Å². The molecule has 0 saturated carbocycles. The minimum absolute atomic E-state index is 0.00202. The maximum atomic E-state index is 6.54. The molecule has 18 aromatic carbocycles. The van der Waals surface area contributed by atoms with Gasteiger partial charge in [0.05, 0.1) is 44.3 Å². The van der Waals surface area contributed by atoms with Gasteiger partial charge in [0.1, 0.15) is 44.7 Å². The molecule has 129 heavy (non-hydrogen) atoms. The Balaban J connectivity index is 0.000000119. The fourth-order valence-electron chi connectivity index (χ4n) is 21.8. The lowest BCUT2D eigenvalue weighted by atomic mass is 9.82. The first kappa shape index (κ1) is 77.4. The number of hydrogen-bond acceptors (Lipinski definition) is 8. The molecule has 620 valence electrons. The van der Waals surface area contributed by atoms with Gasteiger partial charge in [-0.1, -0.05) is 302 Å². The maximum Gasteiger partial charge on any atom is 0.137 e. The lowest BCUT2D eigenvalue weighted by molar-refractivity contribution is 0.660. The van der Waals surface area contributed by atoms with Gasteiger partial charge in [-0.25, -0.2) is 0 Å². The van der Waals surface area contributed by atoms with Crippen molar-refractivity contribution in [3.05, 3.63) is 437 Å². The van der Waals surface area contributed by atoms with Crippen LogP contribution in [0.15, 0.2) is 410 Å². The van der Waals surface area contributed by atoms with E-state index in [9.17, 15) is 0 Å². The first-order chi connectivity index (χ1) is 62.9. The summed E-state index contributed by atoms with van der Waals surface area (Å²) in [5, 5.41) is 12.5. The molecule has 0 amide bonds. The number of benzene rings is 18. The third-order valence-corrected chi connectivity index (χ3v) is 28.5. The summed E-state index contributed by atoms with van der Waals surface area (Å²) in [5.41, 5.74) is 39.9. The molecule has 4 heterocycles. The van der Waals surface area contributed by atoms with Crippen LogP contribution in [0.5, 0.6) is 0 Å². The Morgan fingerprint density at radius 2 is 0.473 bits per heavy atom. The van der Waals surface area contributed by atoms with E-state index in [1.165, 1.54) is 89.0 Å². The van der Waals surface area contributed by atoms with Crippen molar-refractivity contribution < 1.29 is 17.7 Å². The number of anilines is 11. The molecule has 26 rings (SSSR count). The van der Waals surface area contributed by atoms with Gasteiger partial charge in [-0.3, -0.25) is 0 Å². The van der Waals surface area contributed by atoms with Crippen molar-refractivity contribution in [3.8, 4) is 44.5 Å². The third kappa shape index (κ3) is 12.2. The number of nitrogens with zero attached hydrogens (tertiary/aromatic N) is 3. The second-order valence-corrected chi connectivity index (χ2v) is 37.7. The number of furan rings is 4. The molecule has 0 fully saturated rings. The molecule has 4 aromatic heterocycles. The average Bonchev–Trinajstić information content (AvgIpc) is 1.59. The Labute approximate surface area is 757 Å². The van der Waals surface area contributed by atoms with Gasteiger partial charge in [0.2, 0.25) is 0 Å². The Kier molecular flexibility index (Phi) is 17.7. The van der Waals surface area contributed by atoms with Crippen LogP contribution in [-0.2, 0) is 21.7 Å². The van der Waals surface area contributed by atoms with Crippen LogP contribution >= 0.6 is 15.9 Å². The van der Waals surface area contributed by atoms with Crippen molar-refractivity contribution in [1.29, 1.82) is 0 Å². The molecular formula is C120H89BrN4O4. The number of halogens is 1. The summed E-state index contributed by atoms with van der Waals surface area (Å²) in [4.78, 5) is 7.22. The summed E-state index contributed by atoms with van der Waals surface area (Å²) in [6.45, 7) is 18.7. The van der Waals surface area contributed by atoms with Gasteiger partial charge >= 0.3 is 0 Å². The molecule has 1 N–H and O–H groups in total. The second kappa shape index (κ2) is 29.5. The molecule has 22 aromatic rings. The number of para-hydroxylation sites is 4. The third-order valence-electron chi connectivity index (χ3n) is 28.0. The largest absolute Gasteiger partial charge is 0.456 e. The van der Waals surface area contributed by atoms with Crippen molar-refractivity contribution in [2.75, 3.05) is 20.0 Å². The minimum Gasteiger partial charge on any atom is -0.456 e. The fourth-order valence-corrected chi connectivity index (χ4v) is 22.2. The standard InChI is InChI=1S/C60H44N2O2.C33H24BrNO.C27H21NO/c1-59(2)47-22-9-5-18-41(47)43-32-30-39(35-49(43)59)61(51-24-14-28-55-57(51)45-20-7-11-26-53(45)63-55)37-16-13-17-38(34-37)62(52-25-15-29-56-58(52)46-21-8-12-27-54(46)64-56)40-31-33-44-42-19-6-10-23-48(42)60(3,4)50(44)36-40;1-33(2)27-13-5-3-11-24(27)25-18-17-23(20-28(25)33)35(22-10-7-9-21(34)19-22)29-14-8-16-31-32(29)26-12-4-6-15-30(26)36-31;1-27(2)21-10-5-3-8-18(21)19-15-14-17(16-22(19)27)28-23-11-7-13-25-26(23)20-9-4-6-12-24(20)29-25/h5-36H,1-4H3;3-20H,1-2H3;3-16,28H,1-2H3. The highest BCUT2D eigenvalue weighted by Gasteiger charge is 2.41. The van der Waals surface area contributed by atoms with Crippen LogP contribution in [0.4, 0.5) is 62.6 Å². The van der Waals surface area contributed by atoms with Gasteiger partial charge in [-0.05, 0) is 247 Å². The summed E-state index contributed by atoms with van der Waals surface area (Å²) in [7, 11) is 0. The van der Waals surface area contributed by atoms with E-state index >= 15 is 0 Å². The summed E-state index contributed by atoms with van der Waals surface area (Å²) in [6, 6.07) is 139. The molecule has 0 saturated heterocycles. The zero-order valence-electron chi connectivity index (χ0n) is 72.8. The average molecular weight is 1730 g/mol. The predicted molar refractivity (Wildman–Crippen MR) is 540 cm³/mol. The van der Waals surface area contributed by atoms with Gasteiger partial charge < -0.3 is 37.7 Å². The van der Waals surface area contributed by atoms with Gasteiger partial charge in [0.25, 0.3) is 0 Å². The van der Waals surface area contributed by atoms with Crippen molar-refractivity contribution in [1.82, 2.24) is 0 Å². The molecule has 0 aliphatic heterocycles. The first-order valence-corrected chi connectivity index (χ1v) is 45.3. The van der Waals surface area contributed by atoms with Gasteiger partial charge in [-0.2, -0.15) is 0 Å². The smallest absolute Gasteiger partial charge is 0.137 e. The van der Waals surface area contributed by atoms with Gasteiger partial charge in [0.15, 0.2) is 0 Å². The van der Waals surface area contributed by atoms with Crippen LogP contribution in [-0.4, -0.2) is 0 Å². The van der Waals surface area contributed by atoms with Crippen LogP contribution in [0, 0.1) is 0 Å². The molecule has 0 spiro atoms. The van der Waals surface area contributed by atoms with Crippen LogP contribution in [0.1, 0.15) is 99.9 Å². The topological polar surface area (TPSA) is 74.3 Å².